The van der Waals surface area contributed by atoms with E-state index in [9.17, 15) is 26.4 Å². The van der Waals surface area contributed by atoms with E-state index in [1.54, 1.807) is 36.7 Å². The van der Waals surface area contributed by atoms with Gasteiger partial charge in [-0.25, -0.2) is 22.9 Å². The first-order valence-corrected chi connectivity index (χ1v) is 14.8. The maximum Gasteiger partial charge on any atom is 0.490 e. The van der Waals surface area contributed by atoms with Crippen LogP contribution in [-0.4, -0.2) is 75.3 Å². The second kappa shape index (κ2) is 13.0. The van der Waals surface area contributed by atoms with Gasteiger partial charge in [0.05, 0.1) is 34.7 Å². The summed E-state index contributed by atoms with van der Waals surface area (Å²) in [7, 11) is -3.52. The molecule has 2 N–H and O–H groups in total. The van der Waals surface area contributed by atoms with Crippen molar-refractivity contribution in [3.8, 4) is 17.1 Å². The van der Waals surface area contributed by atoms with Gasteiger partial charge in [-0.1, -0.05) is 13.8 Å². The maximum absolute atomic E-state index is 13.3. The van der Waals surface area contributed by atoms with E-state index in [4.69, 9.17) is 19.6 Å². The van der Waals surface area contributed by atoms with Gasteiger partial charge in [-0.15, -0.1) is 0 Å². The monoisotopic (exact) mass is 601 g/mol. The third-order valence-electron chi connectivity index (χ3n) is 6.39. The summed E-state index contributed by atoms with van der Waals surface area (Å²) in [5.41, 5.74) is 1.87. The van der Waals surface area contributed by atoms with Crippen LogP contribution in [0.25, 0.3) is 22.4 Å². The van der Waals surface area contributed by atoms with Gasteiger partial charge in [0.15, 0.2) is 15.4 Å². The molecule has 4 rings (SSSR count). The van der Waals surface area contributed by atoms with Crippen molar-refractivity contribution in [3.05, 3.63) is 34.2 Å². The molecule has 3 heterocycles. The molecule has 0 atom stereocenters. The number of benzene rings is 1. The number of H-pyrrole nitrogens is 1. The average molecular weight is 602 g/mol. The van der Waals surface area contributed by atoms with Crippen LogP contribution < -0.4 is 10.3 Å². The molecule has 0 aliphatic carbocycles. The van der Waals surface area contributed by atoms with E-state index >= 15 is 0 Å². The van der Waals surface area contributed by atoms with Crippen molar-refractivity contribution in [2.24, 2.45) is 0 Å². The van der Waals surface area contributed by atoms with Crippen LogP contribution in [0, 0.1) is 0 Å². The molecule has 3 aromatic rings. The van der Waals surface area contributed by atoms with E-state index in [1.165, 1.54) is 0 Å². The second-order valence-electron chi connectivity index (χ2n) is 9.78. The van der Waals surface area contributed by atoms with Gasteiger partial charge in [-0.05, 0) is 70.8 Å². The number of hydrogen-bond acceptors (Lipinski definition) is 8. The first-order valence-electron chi connectivity index (χ1n) is 13.2. The van der Waals surface area contributed by atoms with Crippen LogP contribution >= 0.6 is 0 Å². The number of halogens is 3. The molecule has 1 aliphatic rings. The first-order chi connectivity index (χ1) is 19.2. The predicted molar refractivity (Wildman–Crippen MR) is 146 cm³/mol. The number of ether oxygens (including phenoxy) is 1. The Morgan fingerprint density at radius 2 is 1.83 bits per heavy atom. The van der Waals surface area contributed by atoms with E-state index in [-0.39, 0.29) is 16.3 Å². The number of hydrogen-bond donors (Lipinski definition) is 2. The van der Waals surface area contributed by atoms with Gasteiger partial charge in [-0.3, -0.25) is 9.69 Å². The highest BCUT2D eigenvalue weighted by atomic mass is 32.2. The van der Waals surface area contributed by atoms with E-state index < -0.39 is 27.2 Å². The lowest BCUT2D eigenvalue weighted by atomic mass is 10.1. The lowest BCUT2D eigenvalue weighted by molar-refractivity contribution is -0.192. The highest BCUT2D eigenvalue weighted by Gasteiger charge is 2.38. The molecule has 0 spiro atoms. The molecular formula is C26H34F3N5O6S. The molecule has 0 saturated carbocycles. The molecule has 41 heavy (non-hydrogen) atoms. The number of carbonyl (C=O) groups is 1. The smallest absolute Gasteiger partial charge is 0.490 e. The number of rotatable bonds is 9. The van der Waals surface area contributed by atoms with Crippen LogP contribution in [-0.2, 0) is 27.7 Å². The molecule has 0 radical (unpaired) electrons. The van der Waals surface area contributed by atoms with Crippen LogP contribution in [0.1, 0.15) is 52.7 Å². The minimum atomic E-state index is -5.08. The summed E-state index contributed by atoms with van der Waals surface area (Å²) in [5, 5.41) is 11.2. The Labute approximate surface area is 235 Å². The molecule has 0 bridgehead atoms. The molecule has 1 saturated heterocycles. The average Bonchev–Trinajstić information content (AvgIpc) is 3.55. The van der Waals surface area contributed by atoms with Crippen molar-refractivity contribution in [1.82, 2.24) is 24.6 Å². The fourth-order valence-electron chi connectivity index (χ4n) is 4.21. The number of carboxylic acids is 1. The molecule has 1 aliphatic heterocycles. The number of fused-ring (bicyclic) bond motifs is 1. The largest absolute Gasteiger partial charge is 0.493 e. The minimum absolute atomic E-state index is 0.171. The van der Waals surface area contributed by atoms with Gasteiger partial charge in [0.2, 0.25) is 0 Å². The summed E-state index contributed by atoms with van der Waals surface area (Å²) in [4.78, 5) is 32.3. The quantitative estimate of drug-likeness (QED) is 0.371. The normalized spacial score (nSPS) is 14.3. The van der Waals surface area contributed by atoms with Crippen LogP contribution in [0.2, 0.25) is 0 Å². The van der Waals surface area contributed by atoms with Gasteiger partial charge >= 0.3 is 12.1 Å². The van der Waals surface area contributed by atoms with Crippen molar-refractivity contribution in [1.29, 1.82) is 0 Å². The van der Waals surface area contributed by atoms with Gasteiger partial charge in [0.1, 0.15) is 17.1 Å². The number of nitrogens with zero attached hydrogens (tertiary/aromatic N) is 4. The Balaban J connectivity index is 0.000000587. The number of aromatic nitrogens is 4. The van der Waals surface area contributed by atoms with Crippen LogP contribution in [0.15, 0.2) is 27.9 Å². The van der Waals surface area contributed by atoms with Gasteiger partial charge in [0, 0.05) is 0 Å². The summed E-state index contributed by atoms with van der Waals surface area (Å²) in [5.74, 6) is -2.00. The number of aryl methyl sites for hydroxylation is 1. The SMILES string of the molecule is CCCOc1ccc(S(=O)(=O)C(C)C)cc1-c1nc2c(CC)nn(CN3CCCC3)c2c(=O)[nH]1.O=C(O)C(F)(F)F. The number of aromatic amines is 1. The maximum atomic E-state index is 13.3. The summed E-state index contributed by atoms with van der Waals surface area (Å²) in [6.45, 7) is 10.2. The van der Waals surface area contributed by atoms with Crippen molar-refractivity contribution in [3.63, 3.8) is 0 Å². The van der Waals surface area contributed by atoms with E-state index in [2.05, 4.69) is 15.0 Å². The number of sulfone groups is 1. The zero-order chi connectivity index (χ0) is 30.5. The van der Waals surface area contributed by atoms with Crippen LogP contribution in [0.4, 0.5) is 13.2 Å². The molecule has 226 valence electrons. The third-order valence-corrected chi connectivity index (χ3v) is 8.55. The Kier molecular flexibility index (Phi) is 10.2. The fraction of sp³-hybridized carbons (Fsp3) is 0.538. The first kappa shape index (κ1) is 32.1. The Bertz CT molecular complexity index is 1540. The number of likely N-dealkylation sites (tertiary alicyclic amines) is 1. The van der Waals surface area contributed by atoms with Crippen molar-refractivity contribution in [2.75, 3.05) is 19.7 Å². The minimum Gasteiger partial charge on any atom is -0.493 e. The Morgan fingerprint density at radius 1 is 1.20 bits per heavy atom. The van der Waals surface area contributed by atoms with Crippen molar-refractivity contribution >= 4 is 26.8 Å². The molecule has 1 aromatic carbocycles. The summed E-state index contributed by atoms with van der Waals surface area (Å²) in [6, 6.07) is 4.73. The van der Waals surface area contributed by atoms with E-state index in [1.807, 2.05) is 13.8 Å². The van der Waals surface area contributed by atoms with E-state index in [0.29, 0.717) is 42.0 Å². The van der Waals surface area contributed by atoms with Crippen LogP contribution in [0.3, 0.4) is 0 Å². The Morgan fingerprint density at radius 3 is 2.37 bits per heavy atom. The number of aliphatic carboxylic acids is 1. The lowest BCUT2D eigenvalue weighted by Gasteiger charge is -2.15. The zero-order valence-electron chi connectivity index (χ0n) is 23.3. The molecule has 1 fully saturated rings. The van der Waals surface area contributed by atoms with Crippen molar-refractivity contribution < 1.29 is 36.2 Å². The van der Waals surface area contributed by atoms with Crippen LogP contribution in [0.5, 0.6) is 5.75 Å². The molecule has 2 aromatic heterocycles. The highest BCUT2D eigenvalue weighted by Crippen LogP contribution is 2.32. The predicted octanol–water partition coefficient (Wildman–Crippen LogP) is 4.01. The molecular weight excluding hydrogens is 567 g/mol. The number of alkyl halides is 3. The molecule has 0 amide bonds. The molecule has 0 unspecified atom stereocenters. The summed E-state index contributed by atoms with van der Waals surface area (Å²) < 4.78 is 65.0. The molecule has 15 heteroatoms. The van der Waals surface area contributed by atoms with Gasteiger partial charge in [0.25, 0.3) is 5.56 Å². The van der Waals surface area contributed by atoms with Gasteiger partial charge < -0.3 is 14.8 Å². The zero-order valence-corrected chi connectivity index (χ0v) is 24.1. The summed E-state index contributed by atoms with van der Waals surface area (Å²) in [6.07, 6.45) is -1.37. The number of carboxylic acid groups (broad SMARTS) is 1. The topological polar surface area (TPSA) is 147 Å². The lowest BCUT2D eigenvalue weighted by Crippen LogP contribution is -2.25. The Hall–Kier alpha value is -3.46. The van der Waals surface area contributed by atoms with Gasteiger partial charge in [-0.2, -0.15) is 18.3 Å². The number of nitrogens with one attached hydrogen (secondary N) is 1. The van der Waals surface area contributed by atoms with Crippen molar-refractivity contribution in [2.45, 2.75) is 76.4 Å². The second-order valence-corrected chi connectivity index (χ2v) is 12.3. The molecule has 11 nitrogen and oxygen atoms in total. The summed E-state index contributed by atoms with van der Waals surface area (Å²) >= 11 is 0. The van der Waals surface area contributed by atoms with E-state index in [0.717, 1.165) is 38.0 Å². The fourth-order valence-corrected chi connectivity index (χ4v) is 5.30. The highest BCUT2D eigenvalue weighted by molar-refractivity contribution is 7.92. The standard InChI is InChI=1S/C24H33N5O4S.C2HF3O2/c1-5-13-33-20-10-9-17(34(31,32)16(3)4)14-18(20)23-25-21-19(6-2)27-29(22(21)24(30)26-23)15-28-11-7-8-12-28;3-2(4,5)1(6)7/h9-10,14,16H,5-8,11-13,15H2,1-4H3,(H,25,26,30);(H,6,7). The third kappa shape index (κ3) is 7.44.